The molecule has 2 N–H and O–H groups in total. The van der Waals surface area contributed by atoms with Crippen molar-refractivity contribution in [2.45, 2.75) is 6.42 Å². The highest BCUT2D eigenvalue weighted by molar-refractivity contribution is 5.77. The lowest BCUT2D eigenvalue weighted by Crippen LogP contribution is -1.87. The van der Waals surface area contributed by atoms with E-state index in [9.17, 15) is 0 Å². The van der Waals surface area contributed by atoms with Gasteiger partial charge in [-0.3, -0.25) is 9.98 Å². The summed E-state index contributed by atoms with van der Waals surface area (Å²) >= 11 is 0. The van der Waals surface area contributed by atoms with Gasteiger partial charge in [0.25, 0.3) is 0 Å². The molecule has 0 spiro atoms. The predicted octanol–water partition coefficient (Wildman–Crippen LogP) is 4.22. The zero-order chi connectivity index (χ0) is 18.3. The fourth-order valence-electron chi connectivity index (χ4n) is 2.60. The van der Waals surface area contributed by atoms with Crippen molar-refractivity contribution >= 4 is 23.8 Å². The molecule has 2 aromatic carbocycles. The van der Waals surface area contributed by atoms with Gasteiger partial charge in [0.1, 0.15) is 11.6 Å². The van der Waals surface area contributed by atoms with Crippen molar-refractivity contribution in [2.75, 3.05) is 0 Å². The molecule has 0 amide bonds. The minimum Gasteiger partial charge on any atom is -0.344 e. The zero-order valence-electron chi connectivity index (χ0n) is 14.6. The van der Waals surface area contributed by atoms with Crippen LogP contribution in [0.5, 0.6) is 0 Å². The molecule has 0 aliphatic rings. The fraction of sp³-hybridized carbons (Fsp3) is 0.0476. The second-order valence-electron chi connectivity index (χ2n) is 5.97. The highest BCUT2D eigenvalue weighted by Gasteiger charge is 1.98. The Balaban J connectivity index is 1.37. The summed E-state index contributed by atoms with van der Waals surface area (Å²) in [7, 11) is 0. The zero-order valence-corrected chi connectivity index (χ0v) is 14.6. The van der Waals surface area contributed by atoms with Crippen LogP contribution in [0, 0.1) is 0 Å². The van der Waals surface area contributed by atoms with Crippen molar-refractivity contribution < 1.29 is 0 Å². The van der Waals surface area contributed by atoms with Crippen molar-refractivity contribution in [3.8, 4) is 0 Å². The highest BCUT2D eigenvalue weighted by atomic mass is 14.9. The van der Waals surface area contributed by atoms with Crippen LogP contribution in [-0.4, -0.2) is 32.4 Å². The Bertz CT molecular complexity index is 926. The number of H-pyrrole nitrogens is 2. The summed E-state index contributed by atoms with van der Waals surface area (Å²) in [6, 6.07) is 16.4. The van der Waals surface area contributed by atoms with Gasteiger partial charge in [0.15, 0.2) is 0 Å². The van der Waals surface area contributed by atoms with Crippen LogP contribution in [0.2, 0.25) is 0 Å². The Labute approximate surface area is 156 Å². The molecule has 0 bridgehead atoms. The highest BCUT2D eigenvalue weighted by Crippen LogP contribution is 2.18. The third-order valence-electron chi connectivity index (χ3n) is 3.99. The number of benzene rings is 2. The number of aromatic nitrogens is 4. The van der Waals surface area contributed by atoms with E-state index in [0.717, 1.165) is 29.4 Å². The number of rotatable bonds is 6. The second-order valence-corrected chi connectivity index (χ2v) is 5.97. The molecule has 4 rings (SSSR count). The van der Waals surface area contributed by atoms with E-state index in [4.69, 9.17) is 0 Å². The summed E-state index contributed by atoms with van der Waals surface area (Å²) in [6.45, 7) is 0. The van der Waals surface area contributed by atoms with Crippen molar-refractivity contribution in [1.29, 1.82) is 0 Å². The number of nitrogens with zero attached hydrogens (tertiary/aromatic N) is 4. The van der Waals surface area contributed by atoms with Gasteiger partial charge < -0.3 is 9.97 Å². The van der Waals surface area contributed by atoms with Gasteiger partial charge in [-0.05, 0) is 41.8 Å². The average molecular weight is 354 g/mol. The molecule has 0 saturated carbocycles. The first-order chi connectivity index (χ1) is 13.3. The van der Waals surface area contributed by atoms with Crippen molar-refractivity contribution in [2.24, 2.45) is 9.98 Å². The van der Waals surface area contributed by atoms with Gasteiger partial charge in [-0.2, -0.15) is 0 Å². The quantitative estimate of drug-likeness (QED) is 0.508. The summed E-state index contributed by atoms with van der Waals surface area (Å²) in [4.78, 5) is 23.0. The van der Waals surface area contributed by atoms with Gasteiger partial charge in [-0.15, -0.1) is 0 Å². The van der Waals surface area contributed by atoms with Crippen LogP contribution in [0.15, 0.2) is 83.3 Å². The minimum atomic E-state index is 0.744. The largest absolute Gasteiger partial charge is 0.344 e. The third kappa shape index (κ3) is 4.64. The Morgan fingerprint density at radius 2 is 1.11 bits per heavy atom. The lowest BCUT2D eigenvalue weighted by molar-refractivity contribution is 1.19. The number of nitrogens with one attached hydrogen (secondary N) is 2. The number of hydrogen-bond acceptors (Lipinski definition) is 4. The number of aliphatic imine (C=N–C) groups is 2. The maximum atomic E-state index is 4.41. The smallest absolute Gasteiger partial charge is 0.148 e. The van der Waals surface area contributed by atoms with Crippen molar-refractivity contribution in [3.05, 3.63) is 96.1 Å². The van der Waals surface area contributed by atoms with Crippen molar-refractivity contribution in [1.82, 2.24) is 19.9 Å². The van der Waals surface area contributed by atoms with Crippen LogP contribution < -0.4 is 0 Å². The van der Waals surface area contributed by atoms with Gasteiger partial charge in [0.2, 0.25) is 0 Å². The molecule has 6 nitrogen and oxygen atoms in total. The van der Waals surface area contributed by atoms with Gasteiger partial charge in [-0.1, -0.05) is 24.3 Å². The molecule has 27 heavy (non-hydrogen) atoms. The summed E-state index contributed by atoms with van der Waals surface area (Å²) in [5, 5.41) is 0. The topological polar surface area (TPSA) is 82.1 Å². The summed E-state index contributed by atoms with van der Waals surface area (Å²) < 4.78 is 0. The lowest BCUT2D eigenvalue weighted by Gasteiger charge is -2.03. The van der Waals surface area contributed by atoms with E-state index in [1.807, 2.05) is 24.3 Å². The first-order valence-electron chi connectivity index (χ1n) is 8.60. The molecule has 132 valence electrons. The van der Waals surface area contributed by atoms with Crippen LogP contribution in [0.25, 0.3) is 0 Å². The third-order valence-corrected chi connectivity index (χ3v) is 3.99. The van der Waals surface area contributed by atoms with E-state index in [-0.39, 0.29) is 0 Å². The molecule has 2 heterocycles. The first-order valence-corrected chi connectivity index (χ1v) is 8.60. The normalized spacial score (nSPS) is 11.6. The van der Waals surface area contributed by atoms with Crippen LogP contribution >= 0.6 is 0 Å². The molecule has 2 aromatic heterocycles. The minimum absolute atomic E-state index is 0.744. The fourth-order valence-corrected chi connectivity index (χ4v) is 2.60. The van der Waals surface area contributed by atoms with E-state index in [0.29, 0.717) is 0 Å². The van der Waals surface area contributed by atoms with Gasteiger partial charge in [-0.25, -0.2) is 9.97 Å². The summed E-state index contributed by atoms with van der Waals surface area (Å²) in [5.41, 5.74) is 4.27. The maximum absolute atomic E-state index is 4.41. The van der Waals surface area contributed by atoms with E-state index < -0.39 is 0 Å². The molecule has 0 fully saturated rings. The molecule has 4 aromatic rings. The van der Waals surface area contributed by atoms with Crippen LogP contribution in [0.3, 0.4) is 0 Å². The van der Waals surface area contributed by atoms with E-state index in [1.165, 1.54) is 11.1 Å². The molecule has 0 unspecified atom stereocenters. The monoisotopic (exact) mass is 354 g/mol. The molecular formula is C21H18N6. The SMILES string of the molecule is C(=Nc1ccc(Cc2ccc(N=Cc3ncc[nH]3)cc2)cc1)c1ncc[nH]1. The van der Waals surface area contributed by atoms with Gasteiger partial charge >= 0.3 is 0 Å². The summed E-state index contributed by atoms with van der Waals surface area (Å²) in [6.07, 6.45) is 11.3. The van der Waals surface area contributed by atoms with E-state index in [1.54, 1.807) is 37.2 Å². The molecule has 0 atom stereocenters. The standard InChI is InChI=1S/C21H18N6/c1-5-18(26-14-20-22-9-10-23-20)6-2-16(1)13-17-3-7-19(8-4-17)27-15-21-24-11-12-25-21/h1-12,14-15H,13H2,(H,22,23)(H,24,25). The van der Waals surface area contributed by atoms with E-state index in [2.05, 4.69) is 54.2 Å². The predicted molar refractivity (Wildman–Crippen MR) is 107 cm³/mol. The van der Waals surface area contributed by atoms with Crippen LogP contribution in [-0.2, 0) is 6.42 Å². The molecule has 0 aliphatic heterocycles. The summed E-state index contributed by atoms with van der Waals surface area (Å²) in [5.74, 6) is 1.49. The number of imidazole rings is 2. The van der Waals surface area contributed by atoms with Crippen molar-refractivity contribution in [3.63, 3.8) is 0 Å². The van der Waals surface area contributed by atoms with Crippen LogP contribution in [0.4, 0.5) is 11.4 Å². The van der Waals surface area contributed by atoms with E-state index >= 15 is 0 Å². The van der Waals surface area contributed by atoms with Gasteiger partial charge in [0.05, 0.1) is 23.8 Å². The first kappa shape index (κ1) is 16.7. The Morgan fingerprint density at radius 3 is 1.48 bits per heavy atom. The van der Waals surface area contributed by atoms with Crippen LogP contribution in [0.1, 0.15) is 22.8 Å². The Morgan fingerprint density at radius 1 is 0.667 bits per heavy atom. The average Bonchev–Trinajstić information content (AvgIpc) is 3.41. The second kappa shape index (κ2) is 8.05. The Kier molecular flexibility index (Phi) is 4.97. The lowest BCUT2D eigenvalue weighted by atomic mass is 10.0. The molecule has 0 saturated heterocycles. The molecule has 0 radical (unpaired) electrons. The maximum Gasteiger partial charge on any atom is 0.148 e. The molecular weight excluding hydrogens is 336 g/mol. The number of aromatic amines is 2. The number of hydrogen-bond donors (Lipinski definition) is 2. The Hall–Kier alpha value is -3.80. The molecule has 6 heteroatoms. The molecule has 0 aliphatic carbocycles. The van der Waals surface area contributed by atoms with Gasteiger partial charge in [0, 0.05) is 24.8 Å².